The minimum Gasteiger partial charge on any atom is -0.374 e. The molecule has 0 aromatic heterocycles. The monoisotopic (exact) mass is 129 g/mol. The van der Waals surface area contributed by atoms with E-state index < -0.39 is 0 Å². The van der Waals surface area contributed by atoms with E-state index in [1.165, 1.54) is 6.42 Å². The van der Waals surface area contributed by atoms with Gasteiger partial charge in [-0.15, -0.1) is 0 Å². The van der Waals surface area contributed by atoms with Crippen LogP contribution in [0.3, 0.4) is 0 Å². The molecular formula is C7H15NO. The van der Waals surface area contributed by atoms with Crippen LogP contribution in [-0.4, -0.2) is 37.7 Å². The second kappa shape index (κ2) is 2.67. The first-order chi connectivity index (χ1) is 4.18. The van der Waals surface area contributed by atoms with E-state index in [1.807, 2.05) is 0 Å². The van der Waals surface area contributed by atoms with Gasteiger partial charge in [-0.3, -0.25) is 0 Å². The van der Waals surface area contributed by atoms with E-state index in [-0.39, 0.29) is 0 Å². The highest BCUT2D eigenvalue weighted by molar-refractivity contribution is 4.75. The summed E-state index contributed by atoms with van der Waals surface area (Å²) in [5, 5.41) is 0. The van der Waals surface area contributed by atoms with Crippen molar-refractivity contribution in [2.45, 2.75) is 25.6 Å². The molecule has 0 aromatic carbocycles. The Kier molecular flexibility index (Phi) is 2.09. The molecule has 2 atom stereocenters. The lowest BCUT2D eigenvalue weighted by Crippen LogP contribution is -2.41. The largest absolute Gasteiger partial charge is 0.374 e. The molecule has 2 unspecified atom stereocenters. The lowest BCUT2D eigenvalue weighted by Gasteiger charge is -2.35. The lowest BCUT2D eigenvalue weighted by molar-refractivity contribution is -0.120. The maximum absolute atomic E-state index is 5.41. The molecule has 1 saturated heterocycles. The molecule has 1 aliphatic heterocycles. The van der Waals surface area contributed by atoms with Crippen LogP contribution in [0.25, 0.3) is 0 Å². The van der Waals surface area contributed by atoms with Gasteiger partial charge in [-0.1, -0.05) is 0 Å². The van der Waals surface area contributed by atoms with E-state index in [0.717, 1.165) is 6.54 Å². The molecule has 0 saturated carbocycles. The molecule has 2 nitrogen and oxygen atoms in total. The zero-order valence-corrected chi connectivity index (χ0v) is 6.42. The third-order valence-corrected chi connectivity index (χ3v) is 1.59. The summed E-state index contributed by atoms with van der Waals surface area (Å²) >= 11 is 0. The molecule has 0 radical (unpaired) electrons. The smallest absolute Gasteiger partial charge is 0.0729 e. The van der Waals surface area contributed by atoms with E-state index in [2.05, 4.69) is 25.9 Å². The summed E-state index contributed by atoms with van der Waals surface area (Å²) in [6.45, 7) is 3.19. The van der Waals surface area contributed by atoms with Gasteiger partial charge >= 0.3 is 0 Å². The Bertz CT molecular complexity index is 86.9. The predicted octanol–water partition coefficient (Wildman–Crippen LogP) is 0.725. The zero-order valence-electron chi connectivity index (χ0n) is 6.42. The average molecular weight is 129 g/mol. The molecule has 0 spiro atoms. The van der Waals surface area contributed by atoms with Crippen molar-refractivity contribution >= 4 is 0 Å². The SMILES string of the molecule is CC1CC(CN(C)C)O1. The quantitative estimate of drug-likeness (QED) is 0.545. The van der Waals surface area contributed by atoms with Gasteiger partial charge in [0.15, 0.2) is 0 Å². The van der Waals surface area contributed by atoms with Crippen molar-refractivity contribution in [1.29, 1.82) is 0 Å². The fourth-order valence-electron chi connectivity index (χ4n) is 1.21. The molecule has 0 bridgehead atoms. The third-order valence-electron chi connectivity index (χ3n) is 1.59. The maximum atomic E-state index is 5.41. The van der Waals surface area contributed by atoms with Crippen LogP contribution in [-0.2, 0) is 4.74 Å². The van der Waals surface area contributed by atoms with Gasteiger partial charge < -0.3 is 9.64 Å². The van der Waals surface area contributed by atoms with Crippen LogP contribution in [0.15, 0.2) is 0 Å². The van der Waals surface area contributed by atoms with Gasteiger partial charge in [0.1, 0.15) is 0 Å². The van der Waals surface area contributed by atoms with Gasteiger partial charge in [-0.2, -0.15) is 0 Å². The van der Waals surface area contributed by atoms with E-state index in [0.29, 0.717) is 12.2 Å². The normalized spacial score (nSPS) is 34.7. The van der Waals surface area contributed by atoms with Gasteiger partial charge in [-0.05, 0) is 21.0 Å². The van der Waals surface area contributed by atoms with Crippen molar-refractivity contribution in [2.75, 3.05) is 20.6 Å². The van der Waals surface area contributed by atoms with Crippen LogP contribution in [0, 0.1) is 0 Å². The van der Waals surface area contributed by atoms with Gasteiger partial charge in [-0.25, -0.2) is 0 Å². The van der Waals surface area contributed by atoms with Gasteiger partial charge in [0.2, 0.25) is 0 Å². The second-order valence-corrected chi connectivity index (χ2v) is 3.07. The molecule has 1 heterocycles. The highest BCUT2D eigenvalue weighted by Gasteiger charge is 2.25. The summed E-state index contributed by atoms with van der Waals surface area (Å²) in [6, 6.07) is 0. The molecule has 0 amide bonds. The molecule has 1 aliphatic rings. The Labute approximate surface area is 56.8 Å². The van der Waals surface area contributed by atoms with Crippen LogP contribution < -0.4 is 0 Å². The Morgan fingerprint density at radius 3 is 2.44 bits per heavy atom. The molecule has 0 N–H and O–H groups in total. The minimum absolute atomic E-state index is 0.509. The fourth-order valence-corrected chi connectivity index (χ4v) is 1.21. The highest BCUT2D eigenvalue weighted by atomic mass is 16.5. The van der Waals surface area contributed by atoms with E-state index in [1.54, 1.807) is 0 Å². The Morgan fingerprint density at radius 2 is 2.11 bits per heavy atom. The first-order valence-corrected chi connectivity index (χ1v) is 3.48. The zero-order chi connectivity index (χ0) is 6.85. The maximum Gasteiger partial charge on any atom is 0.0729 e. The number of hydrogen-bond donors (Lipinski definition) is 0. The van der Waals surface area contributed by atoms with E-state index >= 15 is 0 Å². The van der Waals surface area contributed by atoms with Gasteiger partial charge in [0.05, 0.1) is 12.2 Å². The summed E-state index contributed by atoms with van der Waals surface area (Å²) in [5.41, 5.74) is 0. The van der Waals surface area contributed by atoms with Gasteiger partial charge in [0.25, 0.3) is 0 Å². The average Bonchev–Trinajstić information content (AvgIpc) is 1.60. The third kappa shape index (κ3) is 1.95. The molecule has 2 heteroatoms. The summed E-state index contributed by atoms with van der Waals surface area (Å²) in [6.07, 6.45) is 2.25. The molecule has 0 aromatic rings. The summed E-state index contributed by atoms with van der Waals surface area (Å²) in [5.74, 6) is 0. The van der Waals surface area contributed by atoms with Crippen molar-refractivity contribution in [3.63, 3.8) is 0 Å². The number of nitrogens with zero attached hydrogens (tertiary/aromatic N) is 1. The predicted molar refractivity (Wildman–Crippen MR) is 37.5 cm³/mol. The van der Waals surface area contributed by atoms with Crippen LogP contribution in [0.2, 0.25) is 0 Å². The molecule has 0 aliphatic carbocycles. The molecular weight excluding hydrogens is 114 g/mol. The standard InChI is InChI=1S/C7H15NO/c1-6-4-7(9-6)5-8(2)3/h6-7H,4-5H2,1-3H3. The molecule has 1 fully saturated rings. The van der Waals surface area contributed by atoms with Crippen molar-refractivity contribution in [3.8, 4) is 0 Å². The van der Waals surface area contributed by atoms with Crippen molar-refractivity contribution in [1.82, 2.24) is 4.90 Å². The lowest BCUT2D eigenvalue weighted by atomic mass is 10.1. The number of ether oxygens (including phenoxy) is 1. The fraction of sp³-hybridized carbons (Fsp3) is 1.00. The first kappa shape index (κ1) is 7.03. The van der Waals surface area contributed by atoms with Crippen LogP contribution >= 0.6 is 0 Å². The van der Waals surface area contributed by atoms with Crippen LogP contribution in [0.5, 0.6) is 0 Å². The van der Waals surface area contributed by atoms with Crippen molar-refractivity contribution in [2.24, 2.45) is 0 Å². The van der Waals surface area contributed by atoms with Crippen molar-refractivity contribution < 1.29 is 4.74 Å². The van der Waals surface area contributed by atoms with Gasteiger partial charge in [0, 0.05) is 13.0 Å². The molecule has 1 rings (SSSR count). The topological polar surface area (TPSA) is 12.5 Å². The summed E-state index contributed by atoms with van der Waals surface area (Å²) in [7, 11) is 4.15. The number of rotatable bonds is 2. The van der Waals surface area contributed by atoms with Crippen molar-refractivity contribution in [3.05, 3.63) is 0 Å². The first-order valence-electron chi connectivity index (χ1n) is 3.48. The number of likely N-dealkylation sites (N-methyl/N-ethyl adjacent to an activating group) is 1. The number of hydrogen-bond acceptors (Lipinski definition) is 2. The van der Waals surface area contributed by atoms with E-state index in [9.17, 15) is 0 Å². The van der Waals surface area contributed by atoms with E-state index in [4.69, 9.17) is 4.74 Å². The molecule has 54 valence electrons. The van der Waals surface area contributed by atoms with Crippen LogP contribution in [0.4, 0.5) is 0 Å². The Morgan fingerprint density at radius 1 is 1.56 bits per heavy atom. The Balaban J connectivity index is 2.04. The molecule has 9 heavy (non-hydrogen) atoms. The Hall–Kier alpha value is -0.0800. The summed E-state index contributed by atoms with van der Waals surface area (Å²) in [4.78, 5) is 2.16. The van der Waals surface area contributed by atoms with Crippen LogP contribution in [0.1, 0.15) is 13.3 Å². The highest BCUT2D eigenvalue weighted by Crippen LogP contribution is 2.19. The second-order valence-electron chi connectivity index (χ2n) is 3.07. The summed E-state index contributed by atoms with van der Waals surface area (Å²) < 4.78 is 5.41. The minimum atomic E-state index is 0.509.